The van der Waals surface area contributed by atoms with Gasteiger partial charge < -0.3 is 4.74 Å². The Hall–Kier alpha value is -2.51. The third kappa shape index (κ3) is 7.24. The Bertz CT molecular complexity index is 1040. The van der Waals surface area contributed by atoms with Crippen LogP contribution >= 0.6 is 11.8 Å². The molecular weight excluding hydrogens is 426 g/mol. The highest BCUT2D eigenvalue weighted by Crippen LogP contribution is 2.41. The molecule has 0 unspecified atom stereocenters. The summed E-state index contributed by atoms with van der Waals surface area (Å²) in [6.45, 7) is 9.03. The van der Waals surface area contributed by atoms with Gasteiger partial charge in [0.05, 0.1) is 22.9 Å². The van der Waals surface area contributed by atoms with Gasteiger partial charge in [-0.2, -0.15) is 0 Å². The number of fused-ring (bicyclic) bond motifs is 1. The van der Waals surface area contributed by atoms with Crippen LogP contribution in [0.1, 0.15) is 93.3 Å². The number of benzene rings is 2. The van der Waals surface area contributed by atoms with Gasteiger partial charge in [0.1, 0.15) is 0 Å². The van der Waals surface area contributed by atoms with Gasteiger partial charge in [0.2, 0.25) is 0 Å². The molecule has 0 atom stereocenters. The fraction of sp³-hybridized carbons (Fsp3) is 0.448. The highest BCUT2D eigenvalue weighted by atomic mass is 32.2. The van der Waals surface area contributed by atoms with Crippen molar-refractivity contribution in [3.8, 4) is 11.8 Å². The third-order valence-electron chi connectivity index (χ3n) is 5.83. The van der Waals surface area contributed by atoms with Crippen LogP contribution in [0.3, 0.4) is 0 Å². The molecule has 0 aliphatic carbocycles. The van der Waals surface area contributed by atoms with Crippen molar-refractivity contribution in [1.29, 1.82) is 0 Å². The van der Waals surface area contributed by atoms with Crippen LogP contribution in [0.4, 0.5) is 5.69 Å². The van der Waals surface area contributed by atoms with Crippen LogP contribution in [0.15, 0.2) is 47.5 Å². The molecule has 0 bridgehead atoms. The van der Waals surface area contributed by atoms with Gasteiger partial charge in [-0.05, 0) is 72.5 Å². The van der Waals surface area contributed by atoms with E-state index in [4.69, 9.17) is 9.73 Å². The highest BCUT2D eigenvalue weighted by Gasteiger charge is 2.30. The van der Waals surface area contributed by atoms with Gasteiger partial charge in [0.15, 0.2) is 0 Å². The van der Waals surface area contributed by atoms with Gasteiger partial charge in [-0.15, -0.1) is 11.8 Å². The maximum atomic E-state index is 11.8. The van der Waals surface area contributed by atoms with Gasteiger partial charge in [-0.3, -0.25) is 0 Å². The monoisotopic (exact) mass is 461 g/mol. The summed E-state index contributed by atoms with van der Waals surface area (Å²) < 4.78 is 5.03. The number of carbonyl (C=O) groups excluding carboxylic acids is 1. The smallest absolute Gasteiger partial charge is 0.338 e. The average molecular weight is 462 g/mol. The zero-order valence-electron chi connectivity index (χ0n) is 20.4. The Morgan fingerprint density at radius 2 is 1.70 bits per heavy atom. The van der Waals surface area contributed by atoms with Crippen molar-refractivity contribution >= 4 is 28.5 Å². The number of esters is 1. The standard InChI is InChI=1S/C29H35NO2S/c1-5-7-8-9-10-19-33-27-21-29(3,4)25-20-23(15-18-26(25)30-27)12-11-22-13-16-24(17-14-22)28(31)32-6-2/h13-18,20H,5-10,19,21H2,1-4H3. The summed E-state index contributed by atoms with van der Waals surface area (Å²) in [6, 6.07) is 13.6. The first-order chi connectivity index (χ1) is 15.9. The first kappa shape index (κ1) is 25.1. The lowest BCUT2D eigenvalue weighted by atomic mass is 9.79. The zero-order valence-corrected chi connectivity index (χ0v) is 21.2. The quantitative estimate of drug-likeness (QED) is 0.230. The molecule has 0 amide bonds. The molecule has 1 aliphatic rings. The topological polar surface area (TPSA) is 38.7 Å². The number of carbonyl (C=O) groups is 1. The van der Waals surface area contributed by atoms with E-state index in [1.807, 2.05) is 23.9 Å². The molecule has 0 saturated carbocycles. The molecule has 2 aromatic carbocycles. The number of thioether (sulfide) groups is 1. The van der Waals surface area contributed by atoms with E-state index in [-0.39, 0.29) is 11.4 Å². The predicted octanol–water partition coefficient (Wildman–Crippen LogP) is 7.68. The minimum Gasteiger partial charge on any atom is -0.462 e. The van der Waals surface area contributed by atoms with E-state index in [1.54, 1.807) is 19.1 Å². The molecule has 0 N–H and O–H groups in total. The third-order valence-corrected chi connectivity index (χ3v) is 6.89. The summed E-state index contributed by atoms with van der Waals surface area (Å²) >= 11 is 1.93. The van der Waals surface area contributed by atoms with Crippen molar-refractivity contribution in [1.82, 2.24) is 0 Å². The van der Waals surface area contributed by atoms with E-state index in [0.29, 0.717) is 12.2 Å². The van der Waals surface area contributed by atoms with E-state index in [2.05, 4.69) is 50.8 Å². The predicted molar refractivity (Wildman–Crippen MR) is 141 cm³/mol. The van der Waals surface area contributed by atoms with Gasteiger partial charge in [0, 0.05) is 17.5 Å². The lowest BCUT2D eigenvalue weighted by Gasteiger charge is -2.31. The Kier molecular flexibility index (Phi) is 9.21. The molecule has 1 aliphatic heterocycles. The van der Waals surface area contributed by atoms with E-state index >= 15 is 0 Å². The Labute approximate surface area is 203 Å². The number of rotatable bonds is 8. The number of nitrogens with zero attached hydrogens (tertiary/aromatic N) is 1. The largest absolute Gasteiger partial charge is 0.462 e. The molecule has 4 heteroatoms. The molecule has 3 rings (SSSR count). The Morgan fingerprint density at radius 3 is 2.42 bits per heavy atom. The maximum Gasteiger partial charge on any atom is 0.338 e. The second-order valence-corrected chi connectivity index (χ2v) is 10.3. The summed E-state index contributed by atoms with van der Waals surface area (Å²) in [5, 5.41) is 1.25. The molecule has 0 saturated heterocycles. The molecule has 1 heterocycles. The number of aliphatic imine (C=N–C) groups is 1. The van der Waals surface area contributed by atoms with Crippen LogP contribution in [0.2, 0.25) is 0 Å². The van der Waals surface area contributed by atoms with Crippen LogP contribution < -0.4 is 0 Å². The second kappa shape index (κ2) is 12.1. The van der Waals surface area contributed by atoms with Crippen molar-refractivity contribution in [3.63, 3.8) is 0 Å². The highest BCUT2D eigenvalue weighted by molar-refractivity contribution is 8.13. The zero-order chi connectivity index (χ0) is 23.7. The minimum atomic E-state index is -0.302. The van der Waals surface area contributed by atoms with Crippen molar-refractivity contribution in [3.05, 3.63) is 64.7 Å². The summed E-state index contributed by atoms with van der Waals surface area (Å²) in [7, 11) is 0. The molecule has 0 spiro atoms. The minimum absolute atomic E-state index is 0.0423. The maximum absolute atomic E-state index is 11.8. The van der Waals surface area contributed by atoms with Crippen molar-refractivity contribution in [2.75, 3.05) is 12.4 Å². The van der Waals surface area contributed by atoms with E-state index in [0.717, 1.165) is 29.0 Å². The number of unbranched alkanes of at least 4 members (excludes halogenated alkanes) is 4. The summed E-state index contributed by atoms with van der Waals surface area (Å²) in [4.78, 5) is 16.8. The van der Waals surface area contributed by atoms with Gasteiger partial charge in [-0.25, -0.2) is 9.79 Å². The molecule has 3 nitrogen and oxygen atoms in total. The molecular formula is C29H35NO2S. The van der Waals surface area contributed by atoms with Crippen LogP contribution in [-0.4, -0.2) is 23.4 Å². The fourth-order valence-electron chi connectivity index (χ4n) is 3.93. The normalized spacial score (nSPS) is 14.0. The van der Waals surface area contributed by atoms with Crippen LogP contribution in [-0.2, 0) is 10.2 Å². The molecule has 174 valence electrons. The number of hydrogen-bond acceptors (Lipinski definition) is 4. The second-order valence-electron chi connectivity index (χ2n) is 9.11. The van der Waals surface area contributed by atoms with Crippen molar-refractivity contribution in [2.45, 2.75) is 71.6 Å². The Morgan fingerprint density at radius 1 is 1.00 bits per heavy atom. The van der Waals surface area contributed by atoms with Crippen molar-refractivity contribution in [2.24, 2.45) is 4.99 Å². The van der Waals surface area contributed by atoms with E-state index in [9.17, 15) is 4.79 Å². The summed E-state index contributed by atoms with van der Waals surface area (Å²) in [6.07, 6.45) is 7.55. The molecule has 0 aromatic heterocycles. The van der Waals surface area contributed by atoms with E-state index in [1.165, 1.54) is 42.7 Å². The number of hydrogen-bond donors (Lipinski definition) is 0. The molecule has 0 fully saturated rings. The lowest BCUT2D eigenvalue weighted by molar-refractivity contribution is 0.0526. The van der Waals surface area contributed by atoms with Crippen molar-refractivity contribution < 1.29 is 9.53 Å². The van der Waals surface area contributed by atoms with Gasteiger partial charge in [-0.1, -0.05) is 58.3 Å². The van der Waals surface area contributed by atoms with Crippen LogP contribution in [0.5, 0.6) is 0 Å². The first-order valence-corrected chi connectivity index (χ1v) is 13.1. The summed E-state index contributed by atoms with van der Waals surface area (Å²) in [5.41, 5.74) is 4.78. The van der Waals surface area contributed by atoms with Crippen LogP contribution in [0.25, 0.3) is 0 Å². The fourth-order valence-corrected chi connectivity index (χ4v) is 5.14. The SMILES string of the molecule is CCCCCCCSC1=Nc2ccc(C#Cc3ccc(C(=O)OCC)cc3)cc2C(C)(C)C1. The van der Waals surface area contributed by atoms with E-state index < -0.39 is 0 Å². The number of ether oxygens (including phenoxy) is 1. The van der Waals surface area contributed by atoms with Gasteiger partial charge >= 0.3 is 5.97 Å². The first-order valence-electron chi connectivity index (χ1n) is 12.1. The molecule has 0 radical (unpaired) electrons. The summed E-state index contributed by atoms with van der Waals surface area (Å²) in [5.74, 6) is 7.34. The Balaban J connectivity index is 1.68. The van der Waals surface area contributed by atoms with Gasteiger partial charge in [0.25, 0.3) is 0 Å². The molecule has 2 aromatic rings. The lowest BCUT2D eigenvalue weighted by Crippen LogP contribution is -2.24. The average Bonchev–Trinajstić information content (AvgIpc) is 2.80. The molecule has 33 heavy (non-hydrogen) atoms. The van der Waals surface area contributed by atoms with Crippen LogP contribution in [0, 0.1) is 11.8 Å².